The number of aryl methyl sites for hydroxylation is 1. The van der Waals surface area contributed by atoms with Crippen LogP contribution in [0.2, 0.25) is 0 Å². The van der Waals surface area contributed by atoms with Crippen molar-refractivity contribution >= 4 is 23.3 Å². The number of H-pyrrole nitrogens is 1. The van der Waals surface area contributed by atoms with Gasteiger partial charge in [-0.2, -0.15) is 10.2 Å². The molecule has 0 bridgehead atoms. The lowest BCUT2D eigenvalue weighted by Crippen LogP contribution is -2.11. The molecule has 0 unspecified atom stereocenters. The monoisotopic (exact) mass is 355 g/mol. The lowest BCUT2D eigenvalue weighted by atomic mass is 10.2. The van der Waals surface area contributed by atoms with E-state index in [4.69, 9.17) is 5.10 Å². The fourth-order valence-corrected chi connectivity index (χ4v) is 3.25. The zero-order valence-corrected chi connectivity index (χ0v) is 14.3. The van der Waals surface area contributed by atoms with Crippen LogP contribution in [-0.4, -0.2) is 36.1 Å². The Balaban J connectivity index is 0.00000157. The molecule has 1 aliphatic rings. The molecule has 0 radical (unpaired) electrons. The molecular weight excluding hydrogens is 338 g/mol. The highest BCUT2D eigenvalue weighted by atomic mass is 35.5. The van der Waals surface area contributed by atoms with E-state index in [9.17, 15) is 0 Å². The van der Waals surface area contributed by atoms with E-state index in [1.54, 1.807) is 0 Å². The summed E-state index contributed by atoms with van der Waals surface area (Å²) in [6.07, 6.45) is 6.72. The highest BCUT2D eigenvalue weighted by Crippen LogP contribution is 2.24. The largest absolute Gasteiger partial charge is 0.311 e. The summed E-state index contributed by atoms with van der Waals surface area (Å²) in [5, 5.41) is 16.3. The minimum Gasteiger partial charge on any atom is -0.311 e. The van der Waals surface area contributed by atoms with Gasteiger partial charge in [0.05, 0.1) is 17.4 Å². The molecular formula is C17H18ClN7. The molecule has 3 aromatic heterocycles. The average molecular weight is 356 g/mol. The second kappa shape index (κ2) is 6.34. The minimum atomic E-state index is 0. The highest BCUT2D eigenvalue weighted by Gasteiger charge is 2.16. The lowest BCUT2D eigenvalue weighted by molar-refractivity contribution is 0.588. The number of aromatic nitrogens is 6. The SMILES string of the molecule is Cl.c1cn(-c2ccc3[nH]ncc3c2)c(-c2cc3n(n2)CCCNC3)n1. The maximum Gasteiger partial charge on any atom is 0.165 e. The second-order valence-corrected chi connectivity index (χ2v) is 6.04. The maximum absolute atomic E-state index is 4.77. The minimum absolute atomic E-state index is 0. The van der Waals surface area contributed by atoms with Crippen molar-refractivity contribution in [1.82, 2.24) is 34.8 Å². The summed E-state index contributed by atoms with van der Waals surface area (Å²) in [4.78, 5) is 4.54. The van der Waals surface area contributed by atoms with Crippen molar-refractivity contribution in [2.45, 2.75) is 19.5 Å². The Bertz CT molecular complexity index is 990. The van der Waals surface area contributed by atoms with Crippen molar-refractivity contribution < 1.29 is 0 Å². The topological polar surface area (TPSA) is 76.3 Å². The Kier molecular flexibility index (Phi) is 4.03. The molecule has 0 fully saturated rings. The van der Waals surface area contributed by atoms with Crippen molar-refractivity contribution in [1.29, 1.82) is 0 Å². The molecule has 8 heteroatoms. The van der Waals surface area contributed by atoms with Crippen molar-refractivity contribution in [3.05, 3.63) is 48.5 Å². The molecule has 4 aromatic rings. The standard InChI is InChI=1S/C17H17N7.ClH/c1-4-18-11-14-9-16(22-24(14)6-1)17-19-5-7-23(17)13-2-3-15-12(8-13)10-20-21-15;/h2-3,5,7-10,18H,1,4,6,11H2,(H,20,21);1H. The maximum atomic E-state index is 4.77. The van der Waals surface area contributed by atoms with Gasteiger partial charge in [-0.3, -0.25) is 14.3 Å². The van der Waals surface area contributed by atoms with Crippen LogP contribution >= 0.6 is 12.4 Å². The molecule has 0 atom stereocenters. The summed E-state index contributed by atoms with van der Waals surface area (Å²) in [6, 6.07) is 8.34. The molecule has 0 amide bonds. The molecule has 25 heavy (non-hydrogen) atoms. The number of imidazole rings is 1. The fourth-order valence-electron chi connectivity index (χ4n) is 3.25. The van der Waals surface area contributed by atoms with Crippen LogP contribution in [0.3, 0.4) is 0 Å². The summed E-state index contributed by atoms with van der Waals surface area (Å²) in [7, 11) is 0. The summed E-state index contributed by atoms with van der Waals surface area (Å²) in [5.41, 5.74) is 4.20. The molecule has 0 spiro atoms. The molecule has 1 aliphatic heterocycles. The zero-order valence-electron chi connectivity index (χ0n) is 13.5. The quantitative estimate of drug-likeness (QED) is 0.579. The Hall–Kier alpha value is -2.64. The smallest absolute Gasteiger partial charge is 0.165 e. The average Bonchev–Trinajstić information content (AvgIpc) is 3.31. The van der Waals surface area contributed by atoms with E-state index in [1.807, 2.05) is 24.7 Å². The molecule has 4 heterocycles. The van der Waals surface area contributed by atoms with E-state index in [0.29, 0.717) is 0 Å². The van der Waals surface area contributed by atoms with Crippen molar-refractivity contribution in [3.8, 4) is 17.2 Å². The molecule has 0 aliphatic carbocycles. The van der Waals surface area contributed by atoms with E-state index in [0.717, 1.165) is 54.2 Å². The van der Waals surface area contributed by atoms with Gasteiger partial charge in [0.25, 0.3) is 0 Å². The predicted octanol–water partition coefficient (Wildman–Crippen LogP) is 2.53. The summed E-state index contributed by atoms with van der Waals surface area (Å²) in [6.45, 7) is 2.84. The van der Waals surface area contributed by atoms with Gasteiger partial charge in [0, 0.05) is 36.6 Å². The van der Waals surface area contributed by atoms with E-state index in [-0.39, 0.29) is 12.4 Å². The Morgan fingerprint density at radius 3 is 3.08 bits per heavy atom. The van der Waals surface area contributed by atoms with Crippen LogP contribution < -0.4 is 5.32 Å². The third-order valence-electron chi connectivity index (χ3n) is 4.46. The predicted molar refractivity (Wildman–Crippen MR) is 98.0 cm³/mol. The van der Waals surface area contributed by atoms with Crippen molar-refractivity contribution in [3.63, 3.8) is 0 Å². The highest BCUT2D eigenvalue weighted by molar-refractivity contribution is 5.85. The van der Waals surface area contributed by atoms with Crippen LogP contribution in [0.15, 0.2) is 42.9 Å². The van der Waals surface area contributed by atoms with Crippen LogP contribution in [0.25, 0.3) is 28.1 Å². The number of benzene rings is 1. The van der Waals surface area contributed by atoms with Crippen molar-refractivity contribution in [2.24, 2.45) is 0 Å². The first-order valence-corrected chi connectivity index (χ1v) is 8.13. The van der Waals surface area contributed by atoms with Crippen LogP contribution in [0.5, 0.6) is 0 Å². The van der Waals surface area contributed by atoms with Gasteiger partial charge in [-0.15, -0.1) is 12.4 Å². The third-order valence-corrected chi connectivity index (χ3v) is 4.46. The van der Waals surface area contributed by atoms with Gasteiger partial charge in [0.1, 0.15) is 5.69 Å². The number of nitrogens with one attached hydrogen (secondary N) is 2. The summed E-state index contributed by atoms with van der Waals surface area (Å²) in [5.74, 6) is 0.860. The number of halogens is 1. The van der Waals surface area contributed by atoms with Crippen LogP contribution in [-0.2, 0) is 13.1 Å². The molecule has 0 saturated carbocycles. The van der Waals surface area contributed by atoms with Crippen LogP contribution in [0.1, 0.15) is 12.1 Å². The van der Waals surface area contributed by atoms with Gasteiger partial charge in [0.15, 0.2) is 5.82 Å². The molecule has 7 nitrogen and oxygen atoms in total. The van der Waals surface area contributed by atoms with Gasteiger partial charge in [0.2, 0.25) is 0 Å². The normalized spacial score (nSPS) is 14.1. The van der Waals surface area contributed by atoms with Gasteiger partial charge >= 0.3 is 0 Å². The fraction of sp³-hybridized carbons (Fsp3) is 0.235. The Morgan fingerprint density at radius 2 is 2.12 bits per heavy atom. The zero-order chi connectivity index (χ0) is 15.9. The number of nitrogens with zero attached hydrogens (tertiary/aromatic N) is 5. The molecule has 1 aromatic carbocycles. The van der Waals surface area contributed by atoms with E-state index >= 15 is 0 Å². The summed E-state index contributed by atoms with van der Waals surface area (Å²) < 4.78 is 4.16. The van der Waals surface area contributed by atoms with Gasteiger partial charge < -0.3 is 5.32 Å². The lowest BCUT2D eigenvalue weighted by Gasteiger charge is -2.06. The first-order chi connectivity index (χ1) is 11.9. The molecule has 128 valence electrons. The van der Waals surface area contributed by atoms with E-state index < -0.39 is 0 Å². The molecule has 2 N–H and O–H groups in total. The van der Waals surface area contributed by atoms with E-state index in [2.05, 4.69) is 47.9 Å². The number of aromatic amines is 1. The summed E-state index contributed by atoms with van der Waals surface area (Å²) >= 11 is 0. The third kappa shape index (κ3) is 2.71. The van der Waals surface area contributed by atoms with Gasteiger partial charge in [-0.1, -0.05) is 0 Å². The number of fused-ring (bicyclic) bond motifs is 2. The van der Waals surface area contributed by atoms with Crippen molar-refractivity contribution in [2.75, 3.05) is 6.54 Å². The second-order valence-electron chi connectivity index (χ2n) is 6.04. The van der Waals surface area contributed by atoms with Gasteiger partial charge in [-0.25, -0.2) is 4.98 Å². The van der Waals surface area contributed by atoms with Crippen LogP contribution in [0, 0.1) is 0 Å². The number of hydrogen-bond donors (Lipinski definition) is 2. The Labute approximate surface area is 150 Å². The molecule has 5 rings (SSSR count). The van der Waals surface area contributed by atoms with Crippen LogP contribution in [0.4, 0.5) is 0 Å². The number of hydrogen-bond acceptors (Lipinski definition) is 4. The number of rotatable bonds is 2. The molecule has 0 saturated heterocycles. The van der Waals surface area contributed by atoms with Gasteiger partial charge in [-0.05, 0) is 37.2 Å². The first kappa shape index (κ1) is 15.9. The van der Waals surface area contributed by atoms with E-state index in [1.165, 1.54) is 5.69 Å². The first-order valence-electron chi connectivity index (χ1n) is 8.13. The Morgan fingerprint density at radius 1 is 1.16 bits per heavy atom.